The molecule has 3 rings (SSSR count). The third-order valence-corrected chi connectivity index (χ3v) is 5.03. The zero-order valence-corrected chi connectivity index (χ0v) is 12.3. The lowest BCUT2D eigenvalue weighted by atomic mass is 10.1. The van der Waals surface area contributed by atoms with Crippen molar-refractivity contribution in [1.29, 1.82) is 0 Å². The molecule has 2 atom stereocenters. The van der Waals surface area contributed by atoms with Crippen molar-refractivity contribution in [3.8, 4) is 0 Å². The molecule has 20 heavy (non-hydrogen) atoms. The van der Waals surface area contributed by atoms with Gasteiger partial charge in [-0.05, 0) is 36.6 Å². The van der Waals surface area contributed by atoms with E-state index in [1.807, 2.05) is 44.2 Å². The molecular formula is C16H17NO2S. The van der Waals surface area contributed by atoms with E-state index in [-0.39, 0.29) is 11.9 Å². The molecule has 4 heteroatoms. The van der Waals surface area contributed by atoms with Gasteiger partial charge in [-0.2, -0.15) is 0 Å². The van der Waals surface area contributed by atoms with Crippen molar-refractivity contribution in [2.24, 2.45) is 0 Å². The van der Waals surface area contributed by atoms with Crippen molar-refractivity contribution in [1.82, 2.24) is 5.32 Å². The SMILES string of the molecule is Cc1cc(C(=O)NC2c3ccccc3CC2O)sc1C. The molecule has 1 aromatic heterocycles. The third kappa shape index (κ3) is 2.25. The van der Waals surface area contributed by atoms with Crippen molar-refractivity contribution in [2.45, 2.75) is 32.4 Å². The molecule has 1 amide bonds. The van der Waals surface area contributed by atoms with Gasteiger partial charge in [0, 0.05) is 11.3 Å². The Bertz CT molecular complexity index is 643. The maximum absolute atomic E-state index is 12.3. The number of fused-ring (bicyclic) bond motifs is 1. The van der Waals surface area contributed by atoms with E-state index in [1.54, 1.807) is 0 Å². The summed E-state index contributed by atoms with van der Waals surface area (Å²) in [6.45, 7) is 4.01. The lowest BCUT2D eigenvalue weighted by Gasteiger charge is -2.17. The quantitative estimate of drug-likeness (QED) is 0.892. The molecule has 0 radical (unpaired) electrons. The van der Waals surface area contributed by atoms with Crippen molar-refractivity contribution in [2.75, 3.05) is 0 Å². The second-order valence-electron chi connectivity index (χ2n) is 5.27. The van der Waals surface area contributed by atoms with Gasteiger partial charge >= 0.3 is 0 Å². The van der Waals surface area contributed by atoms with Crippen LogP contribution in [0.3, 0.4) is 0 Å². The second-order valence-corrected chi connectivity index (χ2v) is 6.53. The molecule has 1 aliphatic rings. The Morgan fingerprint density at radius 3 is 2.80 bits per heavy atom. The summed E-state index contributed by atoms with van der Waals surface area (Å²) >= 11 is 1.49. The number of amides is 1. The Balaban J connectivity index is 1.83. The van der Waals surface area contributed by atoms with Gasteiger partial charge in [-0.25, -0.2) is 0 Å². The number of benzene rings is 1. The number of nitrogens with one attached hydrogen (secondary N) is 1. The summed E-state index contributed by atoms with van der Waals surface area (Å²) in [5, 5.41) is 13.1. The zero-order valence-electron chi connectivity index (χ0n) is 11.5. The van der Waals surface area contributed by atoms with Gasteiger partial charge in [0.2, 0.25) is 0 Å². The molecule has 1 heterocycles. The summed E-state index contributed by atoms with van der Waals surface area (Å²) in [5.74, 6) is -0.105. The first kappa shape index (κ1) is 13.3. The molecule has 0 fully saturated rings. The predicted octanol–water partition coefficient (Wildman–Crippen LogP) is 2.75. The van der Waals surface area contributed by atoms with Gasteiger partial charge in [0.05, 0.1) is 17.0 Å². The van der Waals surface area contributed by atoms with Gasteiger partial charge in [-0.1, -0.05) is 24.3 Å². The van der Waals surface area contributed by atoms with Crippen LogP contribution in [0, 0.1) is 13.8 Å². The fourth-order valence-electron chi connectivity index (χ4n) is 2.65. The van der Waals surface area contributed by atoms with E-state index in [9.17, 15) is 9.90 Å². The van der Waals surface area contributed by atoms with E-state index in [1.165, 1.54) is 11.3 Å². The first-order chi connectivity index (χ1) is 9.56. The first-order valence-electron chi connectivity index (χ1n) is 6.70. The summed E-state index contributed by atoms with van der Waals surface area (Å²) in [7, 11) is 0. The highest BCUT2D eigenvalue weighted by Crippen LogP contribution is 2.32. The van der Waals surface area contributed by atoms with Gasteiger partial charge < -0.3 is 10.4 Å². The van der Waals surface area contributed by atoms with Crippen LogP contribution >= 0.6 is 11.3 Å². The van der Waals surface area contributed by atoms with Crippen molar-refractivity contribution < 1.29 is 9.90 Å². The number of hydrogen-bond acceptors (Lipinski definition) is 3. The van der Waals surface area contributed by atoms with Crippen molar-refractivity contribution in [3.05, 3.63) is 56.8 Å². The van der Waals surface area contributed by atoms with Crippen LogP contribution in [0.25, 0.3) is 0 Å². The van der Waals surface area contributed by atoms with Crippen LogP contribution in [0.1, 0.15) is 37.3 Å². The molecule has 2 N–H and O–H groups in total. The number of aryl methyl sites for hydroxylation is 2. The minimum absolute atomic E-state index is 0.105. The van der Waals surface area contributed by atoms with E-state index in [4.69, 9.17) is 0 Å². The predicted molar refractivity (Wildman–Crippen MR) is 80.2 cm³/mol. The van der Waals surface area contributed by atoms with E-state index >= 15 is 0 Å². The third-order valence-electron chi connectivity index (χ3n) is 3.88. The molecule has 1 aliphatic carbocycles. The molecule has 0 saturated heterocycles. The standard InChI is InChI=1S/C16H17NO2S/c1-9-7-14(20-10(9)2)16(19)17-15-12-6-4-3-5-11(12)8-13(15)18/h3-7,13,15,18H,8H2,1-2H3,(H,17,19). The van der Waals surface area contributed by atoms with Crippen LogP contribution < -0.4 is 5.32 Å². The maximum Gasteiger partial charge on any atom is 0.261 e. The Morgan fingerprint density at radius 2 is 2.10 bits per heavy atom. The van der Waals surface area contributed by atoms with Crippen LogP contribution in [-0.4, -0.2) is 17.1 Å². The highest BCUT2D eigenvalue weighted by atomic mass is 32.1. The lowest BCUT2D eigenvalue weighted by molar-refractivity contribution is 0.0862. The van der Waals surface area contributed by atoms with Crippen LogP contribution in [0.2, 0.25) is 0 Å². The van der Waals surface area contributed by atoms with Gasteiger partial charge in [-0.3, -0.25) is 4.79 Å². The maximum atomic E-state index is 12.3. The molecule has 1 aromatic carbocycles. The summed E-state index contributed by atoms with van der Waals surface area (Å²) in [6.07, 6.45) is 0.0578. The average molecular weight is 287 g/mol. The summed E-state index contributed by atoms with van der Waals surface area (Å²) in [6, 6.07) is 9.48. The number of carbonyl (C=O) groups excluding carboxylic acids is 1. The minimum Gasteiger partial charge on any atom is -0.390 e. The second kappa shape index (κ2) is 5.04. The summed E-state index contributed by atoms with van der Waals surface area (Å²) < 4.78 is 0. The van der Waals surface area contributed by atoms with Crippen molar-refractivity contribution in [3.63, 3.8) is 0 Å². The van der Waals surface area contributed by atoms with Gasteiger partial charge in [0.25, 0.3) is 5.91 Å². The Morgan fingerprint density at radius 1 is 1.35 bits per heavy atom. The molecule has 104 valence electrons. The molecule has 0 aliphatic heterocycles. The molecule has 2 unspecified atom stereocenters. The summed E-state index contributed by atoms with van der Waals surface area (Å²) in [5.41, 5.74) is 3.27. The molecule has 0 saturated carbocycles. The number of aliphatic hydroxyl groups excluding tert-OH is 1. The van der Waals surface area contributed by atoms with Crippen LogP contribution in [0.4, 0.5) is 0 Å². The highest BCUT2D eigenvalue weighted by Gasteiger charge is 2.32. The summed E-state index contributed by atoms with van der Waals surface area (Å²) in [4.78, 5) is 14.2. The van der Waals surface area contributed by atoms with Crippen molar-refractivity contribution >= 4 is 17.2 Å². The number of rotatable bonds is 2. The van der Waals surface area contributed by atoms with Crippen LogP contribution in [0.15, 0.2) is 30.3 Å². The fourth-order valence-corrected chi connectivity index (χ4v) is 3.58. The normalized spacial score (nSPS) is 20.8. The molecule has 2 aromatic rings. The lowest BCUT2D eigenvalue weighted by Crippen LogP contribution is -2.33. The number of aliphatic hydroxyl groups is 1. The molecule has 0 spiro atoms. The first-order valence-corrected chi connectivity index (χ1v) is 7.51. The van der Waals surface area contributed by atoms with Crippen LogP contribution in [0.5, 0.6) is 0 Å². The van der Waals surface area contributed by atoms with Gasteiger partial charge in [-0.15, -0.1) is 11.3 Å². The van der Waals surface area contributed by atoms with E-state index < -0.39 is 6.10 Å². The number of hydrogen-bond donors (Lipinski definition) is 2. The zero-order chi connectivity index (χ0) is 14.3. The molecule has 0 bridgehead atoms. The molecular weight excluding hydrogens is 270 g/mol. The monoisotopic (exact) mass is 287 g/mol. The van der Waals surface area contributed by atoms with Crippen LogP contribution in [-0.2, 0) is 6.42 Å². The number of carbonyl (C=O) groups is 1. The smallest absolute Gasteiger partial charge is 0.261 e. The fraction of sp³-hybridized carbons (Fsp3) is 0.312. The molecule has 3 nitrogen and oxygen atoms in total. The largest absolute Gasteiger partial charge is 0.390 e. The Kier molecular flexibility index (Phi) is 3.36. The van der Waals surface area contributed by atoms with E-state index in [0.29, 0.717) is 11.3 Å². The number of thiophene rings is 1. The Labute approximate surface area is 122 Å². The van der Waals surface area contributed by atoms with Gasteiger partial charge in [0.1, 0.15) is 0 Å². The minimum atomic E-state index is -0.543. The highest BCUT2D eigenvalue weighted by molar-refractivity contribution is 7.14. The van der Waals surface area contributed by atoms with Gasteiger partial charge in [0.15, 0.2) is 0 Å². The Hall–Kier alpha value is -1.65. The average Bonchev–Trinajstić information content (AvgIpc) is 2.91. The van der Waals surface area contributed by atoms with E-state index in [0.717, 1.165) is 21.6 Å². The van der Waals surface area contributed by atoms with E-state index in [2.05, 4.69) is 5.32 Å². The topological polar surface area (TPSA) is 49.3 Å².